The van der Waals surface area contributed by atoms with Gasteiger partial charge in [-0.25, -0.2) is 0 Å². The molecule has 0 aliphatic rings. The van der Waals surface area contributed by atoms with Gasteiger partial charge < -0.3 is 4.52 Å². The van der Waals surface area contributed by atoms with Crippen molar-refractivity contribution in [1.29, 1.82) is 0 Å². The van der Waals surface area contributed by atoms with Gasteiger partial charge in [0.1, 0.15) is 0 Å². The van der Waals surface area contributed by atoms with Crippen LogP contribution in [0.15, 0.2) is 37.5 Å². The van der Waals surface area contributed by atoms with Crippen LogP contribution in [0.2, 0.25) is 0 Å². The van der Waals surface area contributed by atoms with Gasteiger partial charge in [0.05, 0.1) is 5.75 Å². The lowest BCUT2D eigenvalue weighted by molar-refractivity contribution is 0.391. The minimum Gasteiger partial charge on any atom is -0.338 e. The highest BCUT2D eigenvalue weighted by Gasteiger charge is 2.11. The molecule has 3 aromatic rings. The topological polar surface area (TPSA) is 64.7 Å². The molecule has 0 saturated heterocycles. The predicted octanol–water partition coefficient (Wildman–Crippen LogP) is 4.73. The molecule has 1 aromatic carbocycles. The molecule has 0 atom stereocenters. The maximum absolute atomic E-state index is 5.32. The van der Waals surface area contributed by atoms with Crippen molar-refractivity contribution in [1.82, 2.24) is 20.3 Å². The largest absolute Gasteiger partial charge is 0.338 e. The molecular weight excluding hydrogens is 348 g/mol. The molecule has 0 amide bonds. The van der Waals surface area contributed by atoms with Crippen LogP contribution in [0, 0.1) is 0 Å². The van der Waals surface area contributed by atoms with E-state index < -0.39 is 0 Å². The molecule has 5 nitrogen and oxygen atoms in total. The van der Waals surface area contributed by atoms with Crippen LogP contribution in [0.1, 0.15) is 31.2 Å². The number of nitrogens with zero attached hydrogens (tertiary/aromatic N) is 4. The zero-order valence-corrected chi connectivity index (χ0v) is 15.5. The molecule has 0 aliphatic carbocycles. The van der Waals surface area contributed by atoms with Crippen LogP contribution in [0.4, 0.5) is 0 Å². The number of hydrogen-bond acceptors (Lipinski definition) is 8. The van der Waals surface area contributed by atoms with Gasteiger partial charge in [-0.2, -0.15) is 4.98 Å². The van der Waals surface area contributed by atoms with Crippen LogP contribution in [0.5, 0.6) is 0 Å². The Bertz CT molecular complexity index is 767. The lowest BCUT2D eigenvalue weighted by Gasteiger charge is -2.04. The first-order chi connectivity index (χ1) is 11.2. The lowest BCUT2D eigenvalue weighted by Crippen LogP contribution is -1.88. The Morgan fingerprint density at radius 1 is 1.13 bits per heavy atom. The molecule has 0 aliphatic heterocycles. The first-order valence-electron chi connectivity index (χ1n) is 7.09. The highest BCUT2D eigenvalue weighted by Crippen LogP contribution is 2.29. The smallest absolute Gasteiger partial charge is 0.237 e. The second kappa shape index (κ2) is 7.46. The molecule has 0 radical (unpaired) electrons. The maximum Gasteiger partial charge on any atom is 0.237 e. The highest BCUT2D eigenvalue weighted by atomic mass is 32.2. The summed E-state index contributed by atoms with van der Waals surface area (Å²) in [6, 6.07) is 8.28. The fourth-order valence-electron chi connectivity index (χ4n) is 1.91. The van der Waals surface area contributed by atoms with Gasteiger partial charge in [0, 0.05) is 5.56 Å². The molecular formula is C15H16N4OS3. The van der Waals surface area contributed by atoms with Crippen LogP contribution in [0.25, 0.3) is 11.4 Å². The number of thioether (sulfide) groups is 2. The van der Waals surface area contributed by atoms with Crippen molar-refractivity contribution in [3.63, 3.8) is 0 Å². The van der Waals surface area contributed by atoms with Gasteiger partial charge in [-0.3, -0.25) is 0 Å². The number of rotatable bonds is 6. The zero-order chi connectivity index (χ0) is 16.2. The van der Waals surface area contributed by atoms with E-state index in [2.05, 4.69) is 46.3 Å². The maximum atomic E-state index is 5.32. The Morgan fingerprint density at radius 3 is 2.52 bits per heavy atom. The predicted molar refractivity (Wildman–Crippen MR) is 95.1 cm³/mol. The van der Waals surface area contributed by atoms with Gasteiger partial charge in [0.15, 0.2) is 8.68 Å². The van der Waals surface area contributed by atoms with E-state index in [9.17, 15) is 0 Å². The van der Waals surface area contributed by atoms with Crippen molar-refractivity contribution in [3.05, 3.63) is 35.7 Å². The second-order valence-corrected chi connectivity index (χ2v) is 8.37. The summed E-state index contributed by atoms with van der Waals surface area (Å²) in [6.45, 7) is 4.35. The van der Waals surface area contributed by atoms with Crippen LogP contribution in [-0.4, -0.2) is 26.6 Å². The molecule has 0 saturated carbocycles. The van der Waals surface area contributed by atoms with E-state index in [0.717, 1.165) is 14.2 Å². The van der Waals surface area contributed by atoms with Crippen molar-refractivity contribution in [2.24, 2.45) is 0 Å². The minimum absolute atomic E-state index is 0.513. The van der Waals surface area contributed by atoms with Crippen LogP contribution in [0.3, 0.4) is 0 Å². The van der Waals surface area contributed by atoms with Crippen molar-refractivity contribution in [3.8, 4) is 11.4 Å². The fraction of sp³-hybridized carbons (Fsp3) is 0.333. The first-order valence-corrected chi connectivity index (χ1v) is 10.1. The molecule has 0 bridgehead atoms. The molecule has 8 heteroatoms. The molecule has 0 spiro atoms. The molecule has 2 heterocycles. The third-order valence-corrected chi connectivity index (χ3v) is 6.20. The Balaban J connectivity index is 1.65. The Morgan fingerprint density at radius 2 is 1.87 bits per heavy atom. The number of benzene rings is 1. The normalized spacial score (nSPS) is 11.3. The molecule has 0 N–H and O–H groups in total. The SMILES string of the molecule is CSc1nnc(SCc2nc(-c3ccc(C(C)C)cc3)no2)s1. The van der Waals surface area contributed by atoms with Crippen molar-refractivity contribution < 1.29 is 4.52 Å². The van der Waals surface area contributed by atoms with E-state index in [0.29, 0.717) is 23.4 Å². The van der Waals surface area contributed by atoms with E-state index in [-0.39, 0.29) is 0 Å². The van der Waals surface area contributed by atoms with E-state index >= 15 is 0 Å². The average Bonchev–Trinajstić information content (AvgIpc) is 3.22. The van der Waals surface area contributed by atoms with Gasteiger partial charge in [-0.15, -0.1) is 10.2 Å². The quantitative estimate of drug-likeness (QED) is 0.586. The fourth-order valence-corrected chi connectivity index (χ4v) is 4.18. The Kier molecular flexibility index (Phi) is 5.34. The van der Waals surface area contributed by atoms with Crippen molar-refractivity contribution >= 4 is 34.9 Å². The average molecular weight is 365 g/mol. The first kappa shape index (κ1) is 16.5. The molecule has 120 valence electrons. The second-order valence-electron chi connectivity index (χ2n) is 5.12. The molecule has 3 rings (SSSR count). The van der Waals surface area contributed by atoms with E-state index in [1.807, 2.05) is 18.4 Å². The van der Waals surface area contributed by atoms with Crippen LogP contribution in [-0.2, 0) is 5.75 Å². The lowest BCUT2D eigenvalue weighted by atomic mass is 10.0. The van der Waals surface area contributed by atoms with E-state index in [1.54, 1.807) is 34.9 Å². The number of hydrogen-bond donors (Lipinski definition) is 0. The summed E-state index contributed by atoms with van der Waals surface area (Å²) in [5.74, 6) is 2.33. The summed E-state index contributed by atoms with van der Waals surface area (Å²) < 4.78 is 7.20. The zero-order valence-electron chi connectivity index (χ0n) is 13.0. The summed E-state index contributed by atoms with van der Waals surface area (Å²) >= 11 is 4.73. The van der Waals surface area contributed by atoms with Gasteiger partial charge in [0.25, 0.3) is 0 Å². The summed E-state index contributed by atoms with van der Waals surface area (Å²) in [5.41, 5.74) is 2.27. The summed E-state index contributed by atoms with van der Waals surface area (Å²) in [7, 11) is 0. The third kappa shape index (κ3) is 4.13. The Hall–Kier alpha value is -1.38. The van der Waals surface area contributed by atoms with Crippen LogP contribution >= 0.6 is 34.9 Å². The molecule has 0 fully saturated rings. The van der Waals surface area contributed by atoms with Crippen molar-refractivity contribution in [2.45, 2.75) is 34.2 Å². The van der Waals surface area contributed by atoms with Gasteiger partial charge in [0.2, 0.25) is 11.7 Å². The Labute approximate surface area is 147 Å². The van der Waals surface area contributed by atoms with Gasteiger partial charge >= 0.3 is 0 Å². The van der Waals surface area contributed by atoms with E-state index in [4.69, 9.17) is 4.52 Å². The van der Waals surface area contributed by atoms with Crippen molar-refractivity contribution in [2.75, 3.05) is 6.26 Å². The van der Waals surface area contributed by atoms with Gasteiger partial charge in [-0.05, 0) is 17.7 Å². The third-order valence-electron chi connectivity index (χ3n) is 3.19. The summed E-state index contributed by atoms with van der Waals surface area (Å²) in [4.78, 5) is 4.45. The molecule has 23 heavy (non-hydrogen) atoms. The van der Waals surface area contributed by atoms with Crippen LogP contribution < -0.4 is 0 Å². The van der Waals surface area contributed by atoms with Gasteiger partial charge in [-0.1, -0.05) is 78.1 Å². The van der Waals surface area contributed by atoms with E-state index in [1.165, 1.54) is 5.56 Å². The standard InChI is InChI=1S/C15H16N4OS3/c1-9(2)10-4-6-11(7-5-10)13-16-12(20-19-13)8-22-15-18-17-14(21-3)23-15/h4-7,9H,8H2,1-3H3. The number of aromatic nitrogens is 4. The minimum atomic E-state index is 0.513. The highest BCUT2D eigenvalue weighted by molar-refractivity contribution is 8.02. The summed E-state index contributed by atoms with van der Waals surface area (Å²) in [6.07, 6.45) is 1.99. The monoisotopic (exact) mass is 364 g/mol. The summed E-state index contributed by atoms with van der Waals surface area (Å²) in [5, 5.41) is 12.2. The molecule has 2 aromatic heterocycles. The molecule has 0 unspecified atom stereocenters.